The van der Waals surface area contributed by atoms with Gasteiger partial charge in [0, 0.05) is 30.1 Å². The molecule has 0 radical (unpaired) electrons. The van der Waals surface area contributed by atoms with Gasteiger partial charge in [-0.15, -0.1) is 0 Å². The Morgan fingerprint density at radius 1 is 1.30 bits per heavy atom. The number of amides is 1. The van der Waals surface area contributed by atoms with Crippen LogP contribution in [0.3, 0.4) is 0 Å². The van der Waals surface area contributed by atoms with Crippen LogP contribution in [0.15, 0.2) is 36.5 Å². The molecule has 0 aliphatic carbocycles. The fourth-order valence-corrected chi connectivity index (χ4v) is 2.03. The molecule has 5 nitrogen and oxygen atoms in total. The molecule has 2 N–H and O–H groups in total. The third-order valence-electron chi connectivity index (χ3n) is 3.02. The number of carboxylic acid groups (broad SMARTS) is 1. The Balaban J connectivity index is 2.10. The Kier molecular flexibility index (Phi) is 4.30. The maximum atomic E-state index is 12.2. The van der Waals surface area contributed by atoms with Gasteiger partial charge in [-0.3, -0.25) is 14.6 Å². The maximum absolute atomic E-state index is 12.2. The van der Waals surface area contributed by atoms with Crippen LogP contribution in [0, 0.1) is 5.92 Å². The lowest BCUT2D eigenvalue weighted by atomic mass is 10.1. The molecule has 0 saturated carbocycles. The van der Waals surface area contributed by atoms with Crippen LogP contribution in [0.4, 0.5) is 0 Å². The summed E-state index contributed by atoms with van der Waals surface area (Å²) in [6, 6.07) is 9.00. The minimum atomic E-state index is -0.860. The number of aromatic nitrogens is 1. The molecule has 0 spiro atoms. The Hall–Kier alpha value is -2.43. The molecular weight excluding hydrogens is 256 g/mol. The highest BCUT2D eigenvalue weighted by Crippen LogP contribution is 2.16. The van der Waals surface area contributed by atoms with Crippen LogP contribution in [-0.4, -0.2) is 28.5 Å². The van der Waals surface area contributed by atoms with Gasteiger partial charge in [-0.25, -0.2) is 0 Å². The minimum absolute atomic E-state index is 0.0391. The largest absolute Gasteiger partial charge is 0.481 e. The van der Waals surface area contributed by atoms with E-state index >= 15 is 0 Å². The first-order valence-corrected chi connectivity index (χ1v) is 6.41. The normalized spacial score (nSPS) is 12.1. The van der Waals surface area contributed by atoms with E-state index in [1.165, 1.54) is 0 Å². The molecule has 2 rings (SSSR count). The molecule has 20 heavy (non-hydrogen) atoms. The lowest BCUT2D eigenvalue weighted by Crippen LogP contribution is -2.29. The molecular formula is C15H16N2O3. The molecule has 0 aliphatic rings. The van der Waals surface area contributed by atoms with Crippen LogP contribution >= 0.6 is 0 Å². The summed E-state index contributed by atoms with van der Waals surface area (Å²) in [4.78, 5) is 26.9. The number of nitrogens with zero attached hydrogens (tertiary/aromatic N) is 1. The van der Waals surface area contributed by atoms with Gasteiger partial charge >= 0.3 is 5.97 Å². The second-order valence-corrected chi connectivity index (χ2v) is 4.79. The number of nitrogens with one attached hydrogen (secondary N) is 1. The molecule has 104 valence electrons. The van der Waals surface area contributed by atoms with Gasteiger partial charge in [0.1, 0.15) is 0 Å². The molecule has 1 heterocycles. The number of fused-ring (bicyclic) bond motifs is 1. The van der Waals surface area contributed by atoms with Crippen LogP contribution in [0.25, 0.3) is 10.9 Å². The SMILES string of the molecule is CC(CNC(=O)c1cccc2ncccc12)CC(=O)O. The Morgan fingerprint density at radius 3 is 2.85 bits per heavy atom. The fourth-order valence-electron chi connectivity index (χ4n) is 2.03. The third-order valence-corrected chi connectivity index (χ3v) is 3.02. The molecule has 1 amide bonds. The Bertz CT molecular complexity index is 635. The zero-order valence-electron chi connectivity index (χ0n) is 11.2. The number of carbonyl (C=O) groups excluding carboxylic acids is 1. The number of benzene rings is 1. The standard InChI is InChI=1S/C15H16N2O3/c1-10(8-14(18)19)9-17-15(20)12-4-2-6-13-11(12)5-3-7-16-13/h2-7,10H,8-9H2,1H3,(H,17,20)(H,18,19). The smallest absolute Gasteiger partial charge is 0.303 e. The van der Waals surface area contributed by atoms with E-state index in [0.29, 0.717) is 12.1 Å². The maximum Gasteiger partial charge on any atom is 0.303 e. The van der Waals surface area contributed by atoms with Crippen LogP contribution in [0.1, 0.15) is 23.7 Å². The number of hydrogen-bond donors (Lipinski definition) is 2. The molecule has 0 aliphatic heterocycles. The fraction of sp³-hybridized carbons (Fsp3) is 0.267. The molecule has 5 heteroatoms. The van der Waals surface area contributed by atoms with Crippen LogP contribution < -0.4 is 5.32 Å². The molecule has 0 bridgehead atoms. The monoisotopic (exact) mass is 272 g/mol. The van der Waals surface area contributed by atoms with Crippen molar-refractivity contribution in [3.8, 4) is 0 Å². The van der Waals surface area contributed by atoms with Gasteiger partial charge in [-0.1, -0.05) is 19.1 Å². The highest BCUT2D eigenvalue weighted by molar-refractivity contribution is 6.06. The van der Waals surface area contributed by atoms with Crippen LogP contribution in [-0.2, 0) is 4.79 Å². The molecule has 0 fully saturated rings. The second-order valence-electron chi connectivity index (χ2n) is 4.79. The van der Waals surface area contributed by atoms with Gasteiger partial charge in [0.2, 0.25) is 0 Å². The summed E-state index contributed by atoms with van der Waals surface area (Å²) >= 11 is 0. The van der Waals surface area contributed by atoms with Gasteiger partial charge in [0.25, 0.3) is 5.91 Å². The van der Waals surface area contributed by atoms with E-state index in [1.54, 1.807) is 31.3 Å². The average Bonchev–Trinajstić information content (AvgIpc) is 2.43. The first-order chi connectivity index (χ1) is 9.58. The first-order valence-electron chi connectivity index (χ1n) is 6.41. The highest BCUT2D eigenvalue weighted by atomic mass is 16.4. The van der Waals surface area contributed by atoms with E-state index < -0.39 is 5.97 Å². The van der Waals surface area contributed by atoms with Crippen molar-refractivity contribution in [1.82, 2.24) is 10.3 Å². The van der Waals surface area contributed by atoms with Crippen molar-refractivity contribution in [2.45, 2.75) is 13.3 Å². The second kappa shape index (κ2) is 6.14. The van der Waals surface area contributed by atoms with Gasteiger partial charge in [-0.2, -0.15) is 0 Å². The van der Waals surface area contributed by atoms with E-state index in [0.717, 1.165) is 10.9 Å². The van der Waals surface area contributed by atoms with Gasteiger partial charge < -0.3 is 10.4 Å². The van der Waals surface area contributed by atoms with Gasteiger partial charge in [0.05, 0.1) is 5.52 Å². The minimum Gasteiger partial charge on any atom is -0.481 e. The summed E-state index contributed by atoms with van der Waals surface area (Å²) in [5.74, 6) is -1.17. The van der Waals surface area contributed by atoms with Crippen molar-refractivity contribution in [3.63, 3.8) is 0 Å². The summed E-state index contributed by atoms with van der Waals surface area (Å²) in [6.45, 7) is 2.13. The Morgan fingerprint density at radius 2 is 2.10 bits per heavy atom. The van der Waals surface area contributed by atoms with E-state index in [9.17, 15) is 9.59 Å². The van der Waals surface area contributed by atoms with Crippen LogP contribution in [0.2, 0.25) is 0 Å². The number of carbonyl (C=O) groups is 2. The van der Waals surface area contributed by atoms with Crippen molar-refractivity contribution < 1.29 is 14.7 Å². The summed E-state index contributed by atoms with van der Waals surface area (Å²) in [7, 11) is 0. The van der Waals surface area contributed by atoms with E-state index in [1.807, 2.05) is 12.1 Å². The van der Waals surface area contributed by atoms with Gasteiger partial charge in [0.15, 0.2) is 0 Å². The lowest BCUT2D eigenvalue weighted by molar-refractivity contribution is -0.137. The van der Waals surface area contributed by atoms with Gasteiger partial charge in [-0.05, 0) is 24.1 Å². The van der Waals surface area contributed by atoms with E-state index in [2.05, 4.69) is 10.3 Å². The first kappa shape index (κ1) is 14.0. The topological polar surface area (TPSA) is 79.3 Å². The van der Waals surface area contributed by atoms with Crippen molar-refractivity contribution in [2.24, 2.45) is 5.92 Å². The molecule has 1 aromatic carbocycles. The molecule has 1 aromatic heterocycles. The van der Waals surface area contributed by atoms with E-state index in [-0.39, 0.29) is 18.2 Å². The quantitative estimate of drug-likeness (QED) is 0.873. The van der Waals surface area contributed by atoms with Crippen molar-refractivity contribution in [2.75, 3.05) is 6.54 Å². The van der Waals surface area contributed by atoms with Crippen molar-refractivity contribution >= 4 is 22.8 Å². The number of carboxylic acids is 1. The predicted molar refractivity (Wildman–Crippen MR) is 75.5 cm³/mol. The summed E-state index contributed by atoms with van der Waals surface area (Å²) < 4.78 is 0. The lowest BCUT2D eigenvalue weighted by Gasteiger charge is -2.11. The van der Waals surface area contributed by atoms with Crippen LogP contribution in [0.5, 0.6) is 0 Å². The number of rotatable bonds is 5. The molecule has 1 unspecified atom stereocenters. The van der Waals surface area contributed by atoms with E-state index in [4.69, 9.17) is 5.11 Å². The molecule has 2 aromatic rings. The van der Waals surface area contributed by atoms with Crippen molar-refractivity contribution in [1.29, 1.82) is 0 Å². The third kappa shape index (κ3) is 3.32. The molecule has 0 saturated heterocycles. The predicted octanol–water partition coefficient (Wildman–Crippen LogP) is 2.08. The zero-order valence-corrected chi connectivity index (χ0v) is 11.2. The molecule has 1 atom stereocenters. The zero-order chi connectivity index (χ0) is 14.5. The Labute approximate surface area is 116 Å². The number of hydrogen-bond acceptors (Lipinski definition) is 3. The highest BCUT2D eigenvalue weighted by Gasteiger charge is 2.12. The van der Waals surface area contributed by atoms with Crippen molar-refractivity contribution in [3.05, 3.63) is 42.1 Å². The average molecular weight is 272 g/mol. The number of pyridine rings is 1. The summed E-state index contributed by atoms with van der Waals surface area (Å²) in [5, 5.41) is 12.2. The summed E-state index contributed by atoms with van der Waals surface area (Å²) in [5.41, 5.74) is 1.32. The number of aliphatic carboxylic acids is 1. The summed E-state index contributed by atoms with van der Waals surface area (Å²) in [6.07, 6.45) is 1.72.